The molecule has 0 saturated heterocycles. The molecule has 122 valence electrons. The van der Waals surface area contributed by atoms with E-state index in [2.05, 4.69) is 20.9 Å². The minimum absolute atomic E-state index is 0.176. The third-order valence-corrected chi connectivity index (χ3v) is 4.18. The summed E-state index contributed by atoms with van der Waals surface area (Å²) in [6.07, 6.45) is 2.75. The highest BCUT2D eigenvalue weighted by molar-refractivity contribution is 9.10. The summed E-state index contributed by atoms with van der Waals surface area (Å²) < 4.78 is 11.2. The van der Waals surface area contributed by atoms with Gasteiger partial charge in [-0.15, -0.1) is 0 Å². The number of aromatic nitrogens is 1. The van der Waals surface area contributed by atoms with Crippen molar-refractivity contribution in [3.05, 3.63) is 62.6 Å². The predicted octanol–water partition coefficient (Wildman–Crippen LogP) is 5.82. The van der Waals surface area contributed by atoms with Crippen molar-refractivity contribution in [3.8, 4) is 5.75 Å². The van der Waals surface area contributed by atoms with Crippen molar-refractivity contribution in [1.29, 1.82) is 0 Å². The van der Waals surface area contributed by atoms with Crippen molar-refractivity contribution in [2.45, 2.75) is 6.92 Å². The van der Waals surface area contributed by atoms with Crippen LogP contribution in [0.25, 0.3) is 17.0 Å². The fraction of sp³-hybridized carbons (Fsp3) is 0.0588. The Kier molecular flexibility index (Phi) is 4.94. The van der Waals surface area contributed by atoms with E-state index in [0.29, 0.717) is 26.4 Å². The van der Waals surface area contributed by atoms with Crippen LogP contribution in [-0.4, -0.2) is 11.0 Å². The molecule has 2 aromatic heterocycles. The largest absolute Gasteiger partial charge is 0.450 e. The van der Waals surface area contributed by atoms with Gasteiger partial charge in [0.05, 0.1) is 10.0 Å². The smallest absolute Gasteiger partial charge is 0.336 e. The Bertz CT molecular complexity index is 966. The first-order chi connectivity index (χ1) is 11.4. The van der Waals surface area contributed by atoms with Gasteiger partial charge in [-0.3, -0.25) is 0 Å². The van der Waals surface area contributed by atoms with Crippen LogP contribution in [0.4, 0.5) is 0 Å². The molecule has 1 aromatic carbocycles. The molecule has 0 amide bonds. The summed E-state index contributed by atoms with van der Waals surface area (Å²) in [7, 11) is 0. The quantitative estimate of drug-likeness (QED) is 0.300. The highest BCUT2D eigenvalue weighted by atomic mass is 79.9. The summed E-state index contributed by atoms with van der Waals surface area (Å²) in [4.78, 5) is 16.5. The molecule has 0 atom stereocenters. The summed E-state index contributed by atoms with van der Waals surface area (Å²) >= 11 is 15.5. The number of furan rings is 1. The van der Waals surface area contributed by atoms with Gasteiger partial charge >= 0.3 is 5.97 Å². The number of benzene rings is 1. The SMILES string of the molecule is Cc1ccc2c(Cl)cc(Cl)c(OC(=O)/C=C/c3ccc(Br)o3)c2n1. The number of fused-ring (bicyclic) bond motifs is 1. The van der Waals surface area contributed by atoms with Gasteiger partial charge in [0.2, 0.25) is 0 Å². The van der Waals surface area contributed by atoms with Crippen LogP contribution in [0.3, 0.4) is 0 Å². The lowest BCUT2D eigenvalue weighted by atomic mass is 10.2. The second-order valence-corrected chi connectivity index (χ2v) is 6.51. The molecule has 0 unspecified atom stereocenters. The third-order valence-electron chi connectivity index (χ3n) is 3.16. The topological polar surface area (TPSA) is 52.3 Å². The Hall–Kier alpha value is -1.82. The molecule has 3 aromatic rings. The molecular weight excluding hydrogens is 417 g/mol. The number of carbonyl (C=O) groups is 1. The number of esters is 1. The molecule has 0 aliphatic heterocycles. The van der Waals surface area contributed by atoms with Crippen molar-refractivity contribution in [2.75, 3.05) is 0 Å². The van der Waals surface area contributed by atoms with Crippen LogP contribution in [0.15, 0.2) is 45.5 Å². The van der Waals surface area contributed by atoms with Crippen molar-refractivity contribution in [3.63, 3.8) is 0 Å². The molecule has 4 nitrogen and oxygen atoms in total. The first-order valence-electron chi connectivity index (χ1n) is 6.84. The predicted molar refractivity (Wildman–Crippen MR) is 97.6 cm³/mol. The monoisotopic (exact) mass is 425 g/mol. The van der Waals surface area contributed by atoms with E-state index in [9.17, 15) is 4.79 Å². The van der Waals surface area contributed by atoms with Crippen molar-refractivity contribution < 1.29 is 13.9 Å². The lowest BCUT2D eigenvalue weighted by molar-refractivity contribution is -0.128. The summed E-state index contributed by atoms with van der Waals surface area (Å²) in [5, 5.41) is 1.32. The van der Waals surface area contributed by atoms with Crippen LogP contribution in [-0.2, 0) is 4.79 Å². The molecule has 0 aliphatic rings. The maximum atomic E-state index is 12.1. The zero-order valence-electron chi connectivity index (χ0n) is 12.3. The van der Waals surface area contributed by atoms with Crippen LogP contribution in [0.2, 0.25) is 10.0 Å². The van der Waals surface area contributed by atoms with Gasteiger partial charge in [0.15, 0.2) is 10.4 Å². The van der Waals surface area contributed by atoms with Gasteiger partial charge in [0.1, 0.15) is 11.3 Å². The van der Waals surface area contributed by atoms with E-state index in [0.717, 1.165) is 5.69 Å². The molecule has 0 spiro atoms. The maximum absolute atomic E-state index is 12.1. The Morgan fingerprint density at radius 2 is 2.04 bits per heavy atom. The molecule has 24 heavy (non-hydrogen) atoms. The molecule has 0 saturated carbocycles. The van der Waals surface area contributed by atoms with E-state index in [4.69, 9.17) is 32.4 Å². The van der Waals surface area contributed by atoms with Gasteiger partial charge in [-0.25, -0.2) is 9.78 Å². The maximum Gasteiger partial charge on any atom is 0.336 e. The first kappa shape index (κ1) is 17.0. The van der Waals surface area contributed by atoms with Crippen LogP contribution < -0.4 is 4.74 Å². The van der Waals surface area contributed by atoms with Crippen LogP contribution >= 0.6 is 39.1 Å². The van der Waals surface area contributed by atoms with Gasteiger partial charge in [0, 0.05) is 17.2 Å². The number of pyridine rings is 1. The third kappa shape index (κ3) is 3.64. The van der Waals surface area contributed by atoms with Crippen LogP contribution in [0.1, 0.15) is 11.5 Å². The summed E-state index contributed by atoms with van der Waals surface area (Å²) in [6.45, 7) is 1.83. The zero-order chi connectivity index (χ0) is 17.3. The average molecular weight is 427 g/mol. The highest BCUT2D eigenvalue weighted by Crippen LogP contribution is 2.37. The normalized spacial score (nSPS) is 11.3. The van der Waals surface area contributed by atoms with Gasteiger partial charge < -0.3 is 9.15 Å². The molecule has 0 aliphatic carbocycles. The fourth-order valence-electron chi connectivity index (χ4n) is 2.09. The van der Waals surface area contributed by atoms with Crippen molar-refractivity contribution in [2.24, 2.45) is 0 Å². The molecule has 2 heterocycles. The molecule has 3 rings (SSSR count). The molecule has 0 bridgehead atoms. The van der Waals surface area contributed by atoms with E-state index < -0.39 is 5.97 Å². The van der Waals surface area contributed by atoms with Crippen molar-refractivity contribution in [1.82, 2.24) is 4.98 Å². The Morgan fingerprint density at radius 1 is 1.25 bits per heavy atom. The molecule has 0 N–H and O–H groups in total. The van der Waals surface area contributed by atoms with E-state index in [-0.39, 0.29) is 10.8 Å². The van der Waals surface area contributed by atoms with E-state index >= 15 is 0 Å². The van der Waals surface area contributed by atoms with Gasteiger partial charge in [0.25, 0.3) is 0 Å². The second-order valence-electron chi connectivity index (χ2n) is 4.91. The molecule has 0 fully saturated rings. The summed E-state index contributed by atoms with van der Waals surface area (Å²) in [6, 6.07) is 8.59. The van der Waals surface area contributed by atoms with Gasteiger partial charge in [-0.2, -0.15) is 0 Å². The minimum atomic E-state index is -0.601. The number of aryl methyl sites for hydroxylation is 1. The fourth-order valence-corrected chi connectivity index (χ4v) is 2.96. The number of rotatable bonds is 3. The molecule has 7 heteroatoms. The Labute approximate surface area is 156 Å². The lowest BCUT2D eigenvalue weighted by Crippen LogP contribution is -2.05. The number of nitrogens with zero attached hydrogens (tertiary/aromatic N) is 1. The van der Waals surface area contributed by atoms with Crippen molar-refractivity contribution >= 4 is 62.1 Å². The number of hydrogen-bond donors (Lipinski definition) is 0. The molecule has 0 radical (unpaired) electrons. The number of halogens is 3. The minimum Gasteiger partial charge on any atom is -0.450 e. The Morgan fingerprint density at radius 3 is 2.75 bits per heavy atom. The average Bonchev–Trinajstić information content (AvgIpc) is 2.94. The van der Waals surface area contributed by atoms with Gasteiger partial charge in [-0.1, -0.05) is 23.2 Å². The number of carbonyl (C=O) groups excluding carboxylic acids is 1. The van der Waals surface area contributed by atoms with E-state index in [1.807, 2.05) is 19.1 Å². The van der Waals surface area contributed by atoms with E-state index in [1.54, 1.807) is 12.1 Å². The first-order valence-corrected chi connectivity index (χ1v) is 8.39. The summed E-state index contributed by atoms with van der Waals surface area (Å²) in [5.41, 5.74) is 1.20. The number of hydrogen-bond acceptors (Lipinski definition) is 4. The Balaban J connectivity index is 1.93. The standard InChI is InChI=1S/C17H10BrCl2NO3/c1-9-2-5-11-12(19)8-13(20)17(16(11)21-9)24-15(22)7-4-10-3-6-14(18)23-10/h2-8H,1H3/b7-4+. The van der Waals surface area contributed by atoms with E-state index in [1.165, 1.54) is 18.2 Å². The lowest BCUT2D eigenvalue weighted by Gasteiger charge is -2.09. The number of ether oxygens (including phenoxy) is 1. The summed E-state index contributed by atoms with van der Waals surface area (Å²) in [5.74, 6) is 0.0891. The molecular formula is C17H10BrCl2NO3. The second kappa shape index (κ2) is 6.97. The van der Waals surface area contributed by atoms with Crippen LogP contribution in [0.5, 0.6) is 5.75 Å². The van der Waals surface area contributed by atoms with Gasteiger partial charge in [-0.05, 0) is 59.3 Å². The van der Waals surface area contributed by atoms with Crippen LogP contribution in [0, 0.1) is 6.92 Å². The highest BCUT2D eigenvalue weighted by Gasteiger charge is 2.15. The zero-order valence-corrected chi connectivity index (χ0v) is 15.4.